The number of carbonyl (C=O) groups is 1. The topological polar surface area (TPSA) is 77.4 Å². The summed E-state index contributed by atoms with van der Waals surface area (Å²) in [5.41, 5.74) is 3.04. The number of hydrogen-bond donors (Lipinski definition) is 1. The van der Waals surface area contributed by atoms with Gasteiger partial charge >= 0.3 is 0 Å². The number of hydrogen-bond acceptors (Lipinski definition) is 4. The maximum Gasteiger partial charge on any atom is 0.244 e. The fraction of sp³-hybridized carbons (Fsp3) is 0.160. The summed E-state index contributed by atoms with van der Waals surface area (Å²) >= 11 is 0. The first-order valence-electron chi connectivity index (χ1n) is 10.2. The van der Waals surface area contributed by atoms with E-state index in [1.165, 1.54) is 7.11 Å². The Bertz CT molecular complexity index is 1370. The second-order valence-electron chi connectivity index (χ2n) is 7.63. The minimum absolute atomic E-state index is 0.0292. The summed E-state index contributed by atoms with van der Waals surface area (Å²) in [6.07, 6.45) is 1.55. The number of aryl methyl sites for hydroxylation is 1. The van der Waals surface area contributed by atoms with Crippen LogP contribution in [0.5, 0.6) is 5.75 Å². The number of para-hydroxylation sites is 3. The van der Waals surface area contributed by atoms with E-state index in [4.69, 9.17) is 4.74 Å². The lowest BCUT2D eigenvalue weighted by Gasteiger charge is -2.10. The van der Waals surface area contributed by atoms with Crippen molar-refractivity contribution < 1.29 is 17.9 Å². The summed E-state index contributed by atoms with van der Waals surface area (Å²) in [6.45, 7) is 1.93. The molecule has 0 unspecified atom stereocenters. The van der Waals surface area contributed by atoms with Gasteiger partial charge in [0, 0.05) is 17.1 Å². The molecule has 0 aliphatic rings. The molecule has 0 bridgehead atoms. The van der Waals surface area contributed by atoms with Crippen molar-refractivity contribution in [2.75, 3.05) is 12.4 Å². The largest absolute Gasteiger partial charge is 0.495 e. The number of rotatable bonds is 7. The van der Waals surface area contributed by atoms with E-state index in [-0.39, 0.29) is 23.1 Å². The van der Waals surface area contributed by atoms with Crippen molar-refractivity contribution in [3.05, 3.63) is 90.1 Å². The van der Waals surface area contributed by atoms with Gasteiger partial charge in [-0.05, 0) is 30.7 Å². The van der Waals surface area contributed by atoms with Gasteiger partial charge in [-0.15, -0.1) is 0 Å². The van der Waals surface area contributed by atoms with Crippen LogP contribution in [0.1, 0.15) is 11.1 Å². The molecule has 0 saturated carbocycles. The average molecular weight is 449 g/mol. The standard InChI is InChI=1S/C25H24N2O4S/c1-18-11-13-19(14-12-18)17-32(29,30)24-15-27(22-9-5-3-7-20(22)24)16-25(28)26-21-8-4-6-10-23(21)31-2/h3-15H,16-17H2,1-2H3,(H,26,28). The van der Waals surface area contributed by atoms with E-state index in [9.17, 15) is 13.2 Å². The van der Waals surface area contributed by atoms with E-state index in [0.717, 1.165) is 11.1 Å². The fourth-order valence-corrected chi connectivity index (χ4v) is 5.25. The molecule has 1 amide bonds. The van der Waals surface area contributed by atoms with Crippen LogP contribution in [-0.2, 0) is 26.9 Å². The number of nitrogens with zero attached hydrogens (tertiary/aromatic N) is 1. The van der Waals surface area contributed by atoms with Gasteiger partial charge in [-0.25, -0.2) is 8.42 Å². The number of methoxy groups -OCH3 is 1. The second-order valence-corrected chi connectivity index (χ2v) is 9.59. The molecule has 7 heteroatoms. The van der Waals surface area contributed by atoms with Gasteiger partial charge in [0.1, 0.15) is 12.3 Å². The number of fused-ring (bicyclic) bond motifs is 1. The SMILES string of the molecule is COc1ccccc1NC(=O)Cn1cc(S(=O)(=O)Cc2ccc(C)cc2)c2ccccc21. The Morgan fingerprint density at radius 3 is 2.41 bits per heavy atom. The molecular formula is C25H24N2O4S. The van der Waals surface area contributed by atoms with Crippen LogP contribution < -0.4 is 10.1 Å². The third kappa shape index (κ3) is 4.53. The lowest BCUT2D eigenvalue weighted by Crippen LogP contribution is -2.18. The number of aromatic nitrogens is 1. The number of ether oxygens (including phenoxy) is 1. The van der Waals surface area contributed by atoms with Gasteiger partial charge in [0.05, 0.1) is 23.4 Å². The van der Waals surface area contributed by atoms with Gasteiger partial charge in [0.25, 0.3) is 0 Å². The molecule has 0 spiro atoms. The summed E-state index contributed by atoms with van der Waals surface area (Å²) < 4.78 is 33.4. The average Bonchev–Trinajstić information content (AvgIpc) is 3.15. The van der Waals surface area contributed by atoms with Crippen molar-refractivity contribution in [2.45, 2.75) is 24.1 Å². The molecule has 1 N–H and O–H groups in total. The Kier molecular flexibility index (Phi) is 6.01. The van der Waals surface area contributed by atoms with Crippen molar-refractivity contribution >= 4 is 32.3 Å². The predicted molar refractivity (Wildman–Crippen MR) is 126 cm³/mol. The molecule has 1 aromatic heterocycles. The van der Waals surface area contributed by atoms with E-state index in [2.05, 4.69) is 5.32 Å². The monoisotopic (exact) mass is 448 g/mol. The van der Waals surface area contributed by atoms with E-state index in [1.807, 2.05) is 49.4 Å². The molecule has 4 rings (SSSR count). The van der Waals surface area contributed by atoms with E-state index in [1.54, 1.807) is 41.1 Å². The van der Waals surface area contributed by atoms with Crippen LogP contribution in [0.4, 0.5) is 5.69 Å². The molecule has 6 nitrogen and oxygen atoms in total. The van der Waals surface area contributed by atoms with Gasteiger partial charge in [-0.2, -0.15) is 0 Å². The van der Waals surface area contributed by atoms with Crippen LogP contribution in [0.15, 0.2) is 83.9 Å². The normalized spacial score (nSPS) is 11.4. The summed E-state index contributed by atoms with van der Waals surface area (Å²) in [7, 11) is -2.07. The summed E-state index contributed by atoms with van der Waals surface area (Å²) in [4.78, 5) is 13.0. The van der Waals surface area contributed by atoms with Crippen LogP contribution >= 0.6 is 0 Å². The van der Waals surface area contributed by atoms with Crippen molar-refractivity contribution in [2.24, 2.45) is 0 Å². The molecule has 3 aromatic carbocycles. The quantitative estimate of drug-likeness (QED) is 0.449. The van der Waals surface area contributed by atoms with E-state index in [0.29, 0.717) is 22.3 Å². The van der Waals surface area contributed by atoms with Gasteiger partial charge < -0.3 is 14.6 Å². The number of nitrogens with one attached hydrogen (secondary N) is 1. The Labute approximate surface area is 187 Å². The molecule has 1 heterocycles. The van der Waals surface area contributed by atoms with Gasteiger partial charge in [-0.1, -0.05) is 60.2 Å². The zero-order chi connectivity index (χ0) is 22.7. The highest BCUT2D eigenvalue weighted by atomic mass is 32.2. The first kappa shape index (κ1) is 21.6. The third-order valence-corrected chi connectivity index (χ3v) is 6.97. The first-order valence-corrected chi connectivity index (χ1v) is 11.8. The smallest absolute Gasteiger partial charge is 0.244 e. The maximum absolute atomic E-state index is 13.2. The molecular weight excluding hydrogens is 424 g/mol. The number of benzene rings is 3. The van der Waals surface area contributed by atoms with Crippen molar-refractivity contribution in [1.29, 1.82) is 0 Å². The van der Waals surface area contributed by atoms with Crippen LogP contribution in [0.25, 0.3) is 10.9 Å². The highest BCUT2D eigenvalue weighted by molar-refractivity contribution is 7.90. The van der Waals surface area contributed by atoms with Gasteiger partial charge in [-0.3, -0.25) is 4.79 Å². The zero-order valence-electron chi connectivity index (χ0n) is 17.9. The molecule has 0 aliphatic heterocycles. The summed E-state index contributed by atoms with van der Waals surface area (Å²) in [5.74, 6) is 0.173. The van der Waals surface area contributed by atoms with Crippen LogP contribution in [-0.4, -0.2) is 26.0 Å². The van der Waals surface area contributed by atoms with E-state index >= 15 is 0 Å². The summed E-state index contributed by atoms with van der Waals surface area (Å²) in [6, 6.07) is 21.8. The van der Waals surface area contributed by atoms with Crippen molar-refractivity contribution in [1.82, 2.24) is 4.57 Å². The predicted octanol–water partition coefficient (Wildman–Crippen LogP) is 4.57. The molecule has 0 aliphatic carbocycles. The number of sulfone groups is 1. The third-order valence-electron chi connectivity index (χ3n) is 5.26. The van der Waals surface area contributed by atoms with Gasteiger partial charge in [0.2, 0.25) is 5.91 Å². The molecule has 164 valence electrons. The Hall–Kier alpha value is -3.58. The maximum atomic E-state index is 13.2. The van der Waals surface area contributed by atoms with Crippen LogP contribution in [0.2, 0.25) is 0 Å². The molecule has 0 fully saturated rings. The molecule has 4 aromatic rings. The number of amides is 1. The van der Waals surface area contributed by atoms with Crippen molar-refractivity contribution in [3.63, 3.8) is 0 Å². The second kappa shape index (κ2) is 8.88. The fourth-order valence-electron chi connectivity index (χ4n) is 3.67. The number of anilines is 1. The lowest BCUT2D eigenvalue weighted by molar-refractivity contribution is -0.116. The molecule has 32 heavy (non-hydrogen) atoms. The molecule has 0 atom stereocenters. The van der Waals surface area contributed by atoms with E-state index < -0.39 is 9.84 Å². The Balaban J connectivity index is 1.64. The number of carbonyl (C=O) groups excluding carboxylic acids is 1. The molecule has 0 saturated heterocycles. The highest BCUT2D eigenvalue weighted by Crippen LogP contribution is 2.29. The Morgan fingerprint density at radius 2 is 1.66 bits per heavy atom. The van der Waals surface area contributed by atoms with Crippen LogP contribution in [0.3, 0.4) is 0 Å². The van der Waals surface area contributed by atoms with Crippen molar-refractivity contribution in [3.8, 4) is 5.75 Å². The van der Waals surface area contributed by atoms with Gasteiger partial charge in [0.15, 0.2) is 9.84 Å². The molecule has 0 radical (unpaired) electrons. The first-order chi connectivity index (χ1) is 15.4. The minimum Gasteiger partial charge on any atom is -0.495 e. The Morgan fingerprint density at radius 1 is 0.969 bits per heavy atom. The lowest BCUT2D eigenvalue weighted by atomic mass is 10.2. The van der Waals surface area contributed by atoms with Crippen LogP contribution in [0, 0.1) is 6.92 Å². The minimum atomic E-state index is -3.61. The summed E-state index contributed by atoms with van der Waals surface area (Å²) in [5, 5.41) is 3.44. The zero-order valence-corrected chi connectivity index (χ0v) is 18.7. The highest BCUT2D eigenvalue weighted by Gasteiger charge is 2.22.